The second-order valence-electron chi connectivity index (χ2n) is 4.93. The molecule has 1 amide bonds. The molecular weight excluding hydrogens is 317 g/mol. The fourth-order valence-electron chi connectivity index (χ4n) is 1.79. The van der Waals surface area contributed by atoms with E-state index >= 15 is 0 Å². The van der Waals surface area contributed by atoms with Crippen LogP contribution >= 0.6 is 0 Å². The first-order valence-electron chi connectivity index (χ1n) is 7.12. The summed E-state index contributed by atoms with van der Waals surface area (Å²) in [5.74, 6) is -2.21. The maximum absolute atomic E-state index is 13.9. The Bertz CT molecular complexity index is 720. The fraction of sp³-hybridized carbons (Fsp3) is 0.176. The quantitative estimate of drug-likeness (QED) is 0.846. The highest BCUT2D eigenvalue weighted by molar-refractivity contribution is 5.84. The molecule has 1 atom stereocenters. The summed E-state index contributed by atoms with van der Waals surface area (Å²) in [4.78, 5) is 22.4. The Morgan fingerprint density at radius 2 is 1.92 bits per heavy atom. The molecule has 1 unspecified atom stereocenters. The van der Waals surface area contributed by atoms with Crippen molar-refractivity contribution in [2.45, 2.75) is 19.6 Å². The lowest BCUT2D eigenvalue weighted by molar-refractivity contribution is -0.144. The van der Waals surface area contributed by atoms with Crippen LogP contribution in [0.15, 0.2) is 48.5 Å². The summed E-state index contributed by atoms with van der Waals surface area (Å²) < 4.78 is 23.8. The molecule has 2 aromatic rings. The third kappa shape index (κ3) is 4.98. The van der Waals surface area contributed by atoms with Crippen molar-refractivity contribution in [3.05, 3.63) is 59.9 Å². The van der Waals surface area contributed by atoms with Crippen LogP contribution in [-0.4, -0.2) is 23.3 Å². The van der Waals surface area contributed by atoms with Gasteiger partial charge in [0.25, 0.3) is 0 Å². The normalized spacial score (nSPS) is 11.4. The molecule has 2 rings (SSSR count). The Morgan fingerprint density at radius 1 is 1.21 bits per heavy atom. The number of carboxylic acids is 1. The van der Waals surface area contributed by atoms with Gasteiger partial charge in [-0.15, -0.1) is 0 Å². The zero-order valence-electron chi connectivity index (χ0n) is 12.9. The van der Waals surface area contributed by atoms with Crippen molar-refractivity contribution in [3.63, 3.8) is 0 Å². The van der Waals surface area contributed by atoms with E-state index in [0.29, 0.717) is 0 Å². The lowest BCUT2D eigenvalue weighted by Gasteiger charge is -2.12. The average molecular weight is 333 g/mol. The Kier molecular flexibility index (Phi) is 5.73. The number of amides is 1. The van der Waals surface area contributed by atoms with Gasteiger partial charge in [0.1, 0.15) is 6.61 Å². The van der Waals surface area contributed by atoms with Crippen molar-refractivity contribution in [1.82, 2.24) is 0 Å². The summed E-state index contributed by atoms with van der Waals surface area (Å²) in [7, 11) is 0. The molecule has 0 radical (unpaired) electrons. The van der Waals surface area contributed by atoms with Crippen molar-refractivity contribution < 1.29 is 28.6 Å². The number of ether oxygens (including phenoxy) is 2. The molecule has 0 bridgehead atoms. The third-order valence-electron chi connectivity index (χ3n) is 3.04. The molecule has 0 fully saturated rings. The van der Waals surface area contributed by atoms with E-state index in [0.717, 1.165) is 11.6 Å². The molecule has 0 aliphatic rings. The van der Waals surface area contributed by atoms with Crippen LogP contribution in [0, 0.1) is 5.82 Å². The van der Waals surface area contributed by atoms with E-state index < -0.39 is 24.0 Å². The van der Waals surface area contributed by atoms with E-state index in [1.165, 1.54) is 19.1 Å². The number of halogens is 1. The van der Waals surface area contributed by atoms with Crippen LogP contribution < -0.4 is 10.1 Å². The topological polar surface area (TPSA) is 84.9 Å². The highest BCUT2D eigenvalue weighted by Gasteiger charge is 2.15. The number of hydrogen-bond donors (Lipinski definition) is 2. The molecule has 6 nitrogen and oxygen atoms in total. The number of carbonyl (C=O) groups excluding carboxylic acids is 1. The smallest absolute Gasteiger partial charge is 0.411 e. The van der Waals surface area contributed by atoms with E-state index in [4.69, 9.17) is 14.6 Å². The van der Waals surface area contributed by atoms with Crippen LogP contribution in [0.5, 0.6) is 5.75 Å². The van der Waals surface area contributed by atoms with Crippen LogP contribution in [0.25, 0.3) is 0 Å². The van der Waals surface area contributed by atoms with Gasteiger partial charge < -0.3 is 14.6 Å². The summed E-state index contributed by atoms with van der Waals surface area (Å²) in [6, 6.07) is 12.8. The van der Waals surface area contributed by atoms with Crippen LogP contribution in [0.3, 0.4) is 0 Å². The summed E-state index contributed by atoms with van der Waals surface area (Å²) >= 11 is 0. The van der Waals surface area contributed by atoms with Crippen LogP contribution in [0.4, 0.5) is 14.9 Å². The maximum atomic E-state index is 13.9. The van der Waals surface area contributed by atoms with Gasteiger partial charge >= 0.3 is 12.1 Å². The van der Waals surface area contributed by atoms with Gasteiger partial charge in [0.2, 0.25) is 0 Å². The SMILES string of the molecule is CC(Oc1ccc(NC(=O)OCc2ccccc2)cc1F)C(=O)O. The third-order valence-corrected chi connectivity index (χ3v) is 3.04. The summed E-state index contributed by atoms with van der Waals surface area (Å²) in [5, 5.41) is 11.1. The highest BCUT2D eigenvalue weighted by Crippen LogP contribution is 2.22. The van der Waals surface area contributed by atoms with Gasteiger partial charge in [0.15, 0.2) is 17.7 Å². The van der Waals surface area contributed by atoms with Crippen molar-refractivity contribution in [2.75, 3.05) is 5.32 Å². The minimum Gasteiger partial charge on any atom is -0.479 e. The van der Waals surface area contributed by atoms with Crippen molar-refractivity contribution >= 4 is 17.7 Å². The van der Waals surface area contributed by atoms with Gasteiger partial charge in [-0.05, 0) is 24.6 Å². The Balaban J connectivity index is 1.91. The molecule has 0 spiro atoms. The van der Waals surface area contributed by atoms with E-state index in [9.17, 15) is 14.0 Å². The largest absolute Gasteiger partial charge is 0.479 e. The first-order chi connectivity index (χ1) is 11.5. The molecular formula is C17H16FNO5. The van der Waals surface area contributed by atoms with Crippen molar-refractivity contribution in [1.29, 1.82) is 0 Å². The molecule has 0 aliphatic carbocycles. The lowest BCUT2D eigenvalue weighted by atomic mass is 10.2. The Morgan fingerprint density at radius 3 is 2.54 bits per heavy atom. The summed E-state index contributed by atoms with van der Waals surface area (Å²) in [6.45, 7) is 1.38. The monoisotopic (exact) mass is 333 g/mol. The van der Waals surface area contributed by atoms with Crippen molar-refractivity contribution in [2.24, 2.45) is 0 Å². The van der Waals surface area contributed by atoms with Gasteiger partial charge in [0.05, 0.1) is 0 Å². The van der Waals surface area contributed by atoms with Crippen LogP contribution in [-0.2, 0) is 16.1 Å². The van der Waals surface area contributed by atoms with E-state index in [2.05, 4.69) is 5.32 Å². The molecule has 0 aromatic heterocycles. The van der Waals surface area contributed by atoms with Crippen LogP contribution in [0.2, 0.25) is 0 Å². The summed E-state index contributed by atoms with van der Waals surface area (Å²) in [6.07, 6.45) is -1.92. The number of aliphatic carboxylic acids is 1. The number of benzene rings is 2. The number of anilines is 1. The zero-order valence-corrected chi connectivity index (χ0v) is 12.9. The molecule has 0 aliphatic heterocycles. The number of carboxylic acid groups (broad SMARTS) is 1. The highest BCUT2D eigenvalue weighted by atomic mass is 19.1. The maximum Gasteiger partial charge on any atom is 0.411 e. The number of carbonyl (C=O) groups is 2. The predicted molar refractivity (Wildman–Crippen MR) is 84.4 cm³/mol. The van der Waals surface area contributed by atoms with Gasteiger partial charge in [0, 0.05) is 11.8 Å². The number of hydrogen-bond acceptors (Lipinski definition) is 4. The first kappa shape index (κ1) is 17.3. The minimum atomic E-state index is -1.21. The van der Waals surface area contributed by atoms with Crippen LogP contribution in [0.1, 0.15) is 12.5 Å². The van der Waals surface area contributed by atoms with Gasteiger partial charge in [-0.1, -0.05) is 30.3 Å². The molecule has 126 valence electrons. The Labute approximate surface area is 137 Å². The number of rotatable bonds is 6. The Hall–Kier alpha value is -3.09. The van der Waals surface area contributed by atoms with Gasteiger partial charge in [-0.3, -0.25) is 5.32 Å². The minimum absolute atomic E-state index is 0.0898. The lowest BCUT2D eigenvalue weighted by Crippen LogP contribution is -2.23. The van der Waals surface area contributed by atoms with E-state index in [1.807, 2.05) is 30.3 Å². The second-order valence-corrected chi connectivity index (χ2v) is 4.93. The molecule has 7 heteroatoms. The van der Waals surface area contributed by atoms with E-state index in [1.54, 1.807) is 0 Å². The molecule has 2 aromatic carbocycles. The molecule has 24 heavy (non-hydrogen) atoms. The standard InChI is InChI=1S/C17H16FNO5/c1-11(16(20)21)24-15-8-7-13(9-14(15)18)19-17(22)23-10-12-5-3-2-4-6-12/h2-9,11H,10H2,1H3,(H,19,22)(H,20,21). The average Bonchev–Trinajstić information content (AvgIpc) is 2.56. The molecule has 0 saturated carbocycles. The second kappa shape index (κ2) is 7.96. The molecule has 0 saturated heterocycles. The van der Waals surface area contributed by atoms with E-state index in [-0.39, 0.29) is 18.0 Å². The zero-order chi connectivity index (χ0) is 17.5. The number of nitrogens with one attached hydrogen (secondary N) is 1. The van der Waals surface area contributed by atoms with Gasteiger partial charge in [-0.2, -0.15) is 0 Å². The van der Waals surface area contributed by atoms with Gasteiger partial charge in [-0.25, -0.2) is 14.0 Å². The first-order valence-corrected chi connectivity index (χ1v) is 7.12. The summed E-state index contributed by atoms with van der Waals surface area (Å²) in [5.41, 5.74) is 0.992. The predicted octanol–water partition coefficient (Wildman–Crippen LogP) is 3.43. The molecule has 0 heterocycles. The fourth-order valence-corrected chi connectivity index (χ4v) is 1.79. The van der Waals surface area contributed by atoms with Crippen molar-refractivity contribution in [3.8, 4) is 5.75 Å². The molecule has 2 N–H and O–H groups in total.